The summed E-state index contributed by atoms with van der Waals surface area (Å²) in [5.41, 5.74) is 1.52. The number of rotatable bonds is 3. The zero-order chi connectivity index (χ0) is 17.8. The van der Waals surface area contributed by atoms with Crippen LogP contribution in [0, 0.1) is 39.9 Å². The molecule has 3 saturated carbocycles. The number of fused-ring (bicyclic) bond motifs is 3. The van der Waals surface area contributed by atoms with E-state index in [9.17, 15) is 4.79 Å². The van der Waals surface area contributed by atoms with Gasteiger partial charge in [0.15, 0.2) is 0 Å². The summed E-state index contributed by atoms with van der Waals surface area (Å²) in [6, 6.07) is 0. The Kier molecular flexibility index (Phi) is 4.72. The Bertz CT molecular complexity index is 492. The van der Waals surface area contributed by atoms with Crippen molar-refractivity contribution in [3.63, 3.8) is 0 Å². The molecule has 3 fully saturated rings. The minimum Gasteiger partial charge on any atom is -0.300 e. The minimum absolute atomic E-state index is 0.381. The van der Waals surface area contributed by atoms with Crippen LogP contribution >= 0.6 is 0 Å². The molecule has 1 heteroatoms. The van der Waals surface area contributed by atoms with Gasteiger partial charge in [0, 0.05) is 6.42 Å². The molecule has 0 bridgehead atoms. The predicted molar refractivity (Wildman–Crippen MR) is 102 cm³/mol. The average Bonchev–Trinajstić information content (AvgIpc) is 2.44. The van der Waals surface area contributed by atoms with Gasteiger partial charge in [0.1, 0.15) is 5.78 Å². The molecule has 0 spiro atoms. The number of hydrogen-bond acceptors (Lipinski definition) is 1. The molecule has 0 aliphatic heterocycles. The quantitative estimate of drug-likeness (QED) is 0.565. The Balaban J connectivity index is 1.91. The topological polar surface area (TPSA) is 17.1 Å². The van der Waals surface area contributed by atoms with E-state index in [0.717, 1.165) is 36.5 Å². The highest BCUT2D eigenvalue weighted by molar-refractivity contribution is 5.75. The molecule has 6 atom stereocenters. The maximum absolute atomic E-state index is 11.6. The Morgan fingerprint density at radius 2 is 1.62 bits per heavy atom. The highest BCUT2D eigenvalue weighted by Crippen LogP contribution is 2.69. The molecule has 0 aromatic rings. The first-order chi connectivity index (χ1) is 11.1. The molecule has 0 aromatic heterocycles. The second-order valence-corrected chi connectivity index (χ2v) is 10.9. The van der Waals surface area contributed by atoms with E-state index in [1.54, 1.807) is 6.92 Å². The predicted octanol–water partition coefficient (Wildman–Crippen LogP) is 6.65. The SMILES string of the molecule is CC(=O)CC[C@H]1[C@@H](C)CCC2[C@@]3(C)CCCC(C)(C)C3CC[C@]21C. The van der Waals surface area contributed by atoms with Crippen LogP contribution in [0.5, 0.6) is 0 Å². The van der Waals surface area contributed by atoms with Crippen LogP contribution in [0.15, 0.2) is 0 Å². The molecule has 0 heterocycles. The molecule has 0 amide bonds. The van der Waals surface area contributed by atoms with Crippen molar-refractivity contribution in [3.8, 4) is 0 Å². The maximum atomic E-state index is 11.6. The summed E-state index contributed by atoms with van der Waals surface area (Å²) in [5, 5.41) is 0. The molecule has 24 heavy (non-hydrogen) atoms. The number of ketones is 1. The molecular weight excluding hydrogens is 292 g/mol. The molecule has 0 radical (unpaired) electrons. The van der Waals surface area contributed by atoms with Gasteiger partial charge < -0.3 is 4.79 Å². The van der Waals surface area contributed by atoms with E-state index in [4.69, 9.17) is 0 Å². The lowest BCUT2D eigenvalue weighted by molar-refractivity contribution is -0.174. The first-order valence-electron chi connectivity index (χ1n) is 10.6. The number of hydrogen-bond donors (Lipinski definition) is 0. The van der Waals surface area contributed by atoms with Crippen molar-refractivity contribution in [1.82, 2.24) is 0 Å². The first kappa shape index (κ1) is 18.5. The van der Waals surface area contributed by atoms with Gasteiger partial charge in [-0.05, 0) is 85.4 Å². The summed E-state index contributed by atoms with van der Waals surface area (Å²) in [5.74, 6) is 3.70. The third-order valence-corrected chi connectivity index (χ3v) is 9.09. The fourth-order valence-electron chi connectivity index (χ4n) is 8.04. The van der Waals surface area contributed by atoms with Crippen molar-refractivity contribution < 1.29 is 4.79 Å². The molecule has 2 unspecified atom stereocenters. The van der Waals surface area contributed by atoms with Crippen LogP contribution < -0.4 is 0 Å². The summed E-state index contributed by atoms with van der Waals surface area (Å²) < 4.78 is 0. The van der Waals surface area contributed by atoms with E-state index in [2.05, 4.69) is 34.6 Å². The van der Waals surface area contributed by atoms with Gasteiger partial charge in [-0.15, -0.1) is 0 Å². The summed E-state index contributed by atoms with van der Waals surface area (Å²) in [4.78, 5) is 11.6. The zero-order valence-electron chi connectivity index (χ0n) is 17.1. The largest absolute Gasteiger partial charge is 0.300 e. The standard InChI is InChI=1S/C23H40O/c1-16-8-11-20-22(5,18(16)10-9-17(2)24)15-12-19-21(3,4)13-7-14-23(19,20)6/h16,18-20H,7-15H2,1-6H3/t16-,18-,19?,20?,22-,23-/m0/s1. The Morgan fingerprint density at radius 3 is 2.29 bits per heavy atom. The van der Waals surface area contributed by atoms with E-state index in [-0.39, 0.29) is 0 Å². The van der Waals surface area contributed by atoms with Crippen molar-refractivity contribution >= 4 is 5.78 Å². The Hall–Kier alpha value is -0.330. The van der Waals surface area contributed by atoms with Crippen molar-refractivity contribution in [1.29, 1.82) is 0 Å². The summed E-state index contributed by atoms with van der Waals surface area (Å²) in [6.07, 6.45) is 11.8. The average molecular weight is 333 g/mol. The normalized spacial score (nSPS) is 47.6. The number of Topliss-reactive ketones (excluding diaryl/α,β-unsaturated/α-hetero) is 1. The van der Waals surface area contributed by atoms with Crippen LogP contribution in [-0.2, 0) is 4.79 Å². The van der Waals surface area contributed by atoms with Crippen molar-refractivity contribution in [2.75, 3.05) is 0 Å². The highest BCUT2D eigenvalue weighted by Gasteiger charge is 2.61. The lowest BCUT2D eigenvalue weighted by atomic mass is 9.38. The lowest BCUT2D eigenvalue weighted by Gasteiger charge is -2.66. The van der Waals surface area contributed by atoms with Crippen LogP contribution in [-0.4, -0.2) is 5.78 Å². The van der Waals surface area contributed by atoms with Gasteiger partial charge in [0.25, 0.3) is 0 Å². The van der Waals surface area contributed by atoms with Gasteiger partial charge in [-0.2, -0.15) is 0 Å². The third-order valence-electron chi connectivity index (χ3n) is 9.09. The van der Waals surface area contributed by atoms with Crippen LogP contribution in [0.1, 0.15) is 99.3 Å². The molecule has 3 aliphatic carbocycles. The van der Waals surface area contributed by atoms with Gasteiger partial charge >= 0.3 is 0 Å². The van der Waals surface area contributed by atoms with E-state index in [0.29, 0.717) is 22.0 Å². The monoisotopic (exact) mass is 332 g/mol. The lowest BCUT2D eigenvalue weighted by Crippen LogP contribution is -2.59. The van der Waals surface area contributed by atoms with Crippen LogP contribution in [0.4, 0.5) is 0 Å². The van der Waals surface area contributed by atoms with E-state index in [1.165, 1.54) is 44.9 Å². The summed E-state index contributed by atoms with van der Waals surface area (Å²) in [6.45, 7) is 14.6. The maximum Gasteiger partial charge on any atom is 0.129 e. The summed E-state index contributed by atoms with van der Waals surface area (Å²) in [7, 11) is 0. The van der Waals surface area contributed by atoms with Crippen LogP contribution in [0.2, 0.25) is 0 Å². The number of carbonyl (C=O) groups is 1. The molecule has 3 aliphatic rings. The molecular formula is C23H40O. The third kappa shape index (κ3) is 2.78. The van der Waals surface area contributed by atoms with Gasteiger partial charge in [0.2, 0.25) is 0 Å². The molecule has 0 aromatic carbocycles. The van der Waals surface area contributed by atoms with Crippen molar-refractivity contribution in [2.45, 2.75) is 99.3 Å². The highest BCUT2D eigenvalue weighted by atomic mass is 16.1. The van der Waals surface area contributed by atoms with Crippen LogP contribution in [0.3, 0.4) is 0 Å². The molecule has 1 nitrogen and oxygen atoms in total. The van der Waals surface area contributed by atoms with Gasteiger partial charge in [-0.25, -0.2) is 0 Å². The summed E-state index contributed by atoms with van der Waals surface area (Å²) >= 11 is 0. The first-order valence-corrected chi connectivity index (χ1v) is 10.6. The van der Waals surface area contributed by atoms with Gasteiger partial charge in [-0.3, -0.25) is 0 Å². The van der Waals surface area contributed by atoms with Crippen molar-refractivity contribution in [3.05, 3.63) is 0 Å². The second kappa shape index (κ2) is 6.13. The Labute approximate surface area is 150 Å². The van der Waals surface area contributed by atoms with E-state index in [1.807, 2.05) is 0 Å². The van der Waals surface area contributed by atoms with Crippen molar-refractivity contribution in [2.24, 2.45) is 39.9 Å². The smallest absolute Gasteiger partial charge is 0.129 e. The number of carbonyl (C=O) groups excluding carboxylic acids is 1. The molecule has 0 N–H and O–H groups in total. The van der Waals surface area contributed by atoms with Crippen LogP contribution in [0.25, 0.3) is 0 Å². The van der Waals surface area contributed by atoms with E-state index < -0.39 is 0 Å². The second-order valence-electron chi connectivity index (χ2n) is 10.9. The Morgan fingerprint density at radius 1 is 0.917 bits per heavy atom. The minimum atomic E-state index is 0.381. The fourth-order valence-corrected chi connectivity index (χ4v) is 8.04. The van der Waals surface area contributed by atoms with E-state index >= 15 is 0 Å². The van der Waals surface area contributed by atoms with Gasteiger partial charge in [-0.1, -0.05) is 47.5 Å². The zero-order valence-corrected chi connectivity index (χ0v) is 17.1. The molecule has 3 rings (SSSR count). The molecule has 0 saturated heterocycles. The molecule has 138 valence electrons. The van der Waals surface area contributed by atoms with Gasteiger partial charge in [0.05, 0.1) is 0 Å². The fraction of sp³-hybridized carbons (Fsp3) is 0.957.